The van der Waals surface area contributed by atoms with Gasteiger partial charge in [0.2, 0.25) is 0 Å². The van der Waals surface area contributed by atoms with Gasteiger partial charge in [-0.3, -0.25) is 4.79 Å². The van der Waals surface area contributed by atoms with Gasteiger partial charge in [-0.05, 0) is 33.7 Å². The highest BCUT2D eigenvalue weighted by Gasteiger charge is 2.18. The van der Waals surface area contributed by atoms with Crippen molar-refractivity contribution in [3.63, 3.8) is 0 Å². The fraction of sp³-hybridized carbons (Fsp3) is 0.375. The van der Waals surface area contributed by atoms with E-state index in [-0.39, 0.29) is 0 Å². The number of fused-ring (bicyclic) bond motifs is 1. The Morgan fingerprint density at radius 1 is 1.50 bits per heavy atom. The Bertz CT molecular complexity index is 319. The number of aryl methyl sites for hydroxylation is 1. The van der Waals surface area contributed by atoms with Crippen molar-refractivity contribution >= 4 is 45.3 Å². The molecule has 0 N–H and O–H groups in total. The van der Waals surface area contributed by atoms with E-state index >= 15 is 0 Å². The van der Waals surface area contributed by atoms with Crippen molar-refractivity contribution in [3.8, 4) is 0 Å². The van der Waals surface area contributed by atoms with Gasteiger partial charge in [0, 0.05) is 15.1 Å². The molecule has 0 amide bonds. The summed E-state index contributed by atoms with van der Waals surface area (Å²) in [6.07, 6.45) is 2.06. The van der Waals surface area contributed by atoms with Gasteiger partial charge in [-0.1, -0.05) is 0 Å². The van der Waals surface area contributed by atoms with Crippen LogP contribution in [0.5, 0.6) is 0 Å². The zero-order valence-electron chi connectivity index (χ0n) is 6.30. The van der Waals surface area contributed by atoms with Crippen molar-refractivity contribution in [2.45, 2.75) is 12.2 Å². The van der Waals surface area contributed by atoms with Crippen molar-refractivity contribution in [3.05, 3.63) is 19.8 Å². The summed E-state index contributed by atoms with van der Waals surface area (Å²) >= 11 is 7.03. The molecule has 4 heteroatoms. The monoisotopic (exact) mass is 262 g/mol. The average Bonchev–Trinajstić information content (AvgIpc) is 2.44. The molecule has 0 spiro atoms. The van der Waals surface area contributed by atoms with Gasteiger partial charge in [0.05, 0.1) is 4.88 Å². The molecule has 1 aliphatic heterocycles. The van der Waals surface area contributed by atoms with E-state index < -0.39 is 0 Å². The average molecular weight is 263 g/mol. The van der Waals surface area contributed by atoms with Crippen LogP contribution in [0.4, 0.5) is 0 Å². The fourth-order valence-electron chi connectivity index (χ4n) is 1.27. The summed E-state index contributed by atoms with van der Waals surface area (Å²) in [4.78, 5) is 12.9. The minimum absolute atomic E-state index is 0.850. The molecule has 1 aromatic heterocycles. The van der Waals surface area contributed by atoms with Crippen molar-refractivity contribution in [2.24, 2.45) is 0 Å². The third-order valence-electron chi connectivity index (χ3n) is 1.88. The van der Waals surface area contributed by atoms with Crippen LogP contribution < -0.4 is 0 Å². The van der Waals surface area contributed by atoms with Crippen molar-refractivity contribution in [1.82, 2.24) is 0 Å². The summed E-state index contributed by atoms with van der Waals surface area (Å²) in [5.74, 6) is 2.25. The van der Waals surface area contributed by atoms with Crippen LogP contribution in [0.2, 0.25) is 0 Å². The van der Waals surface area contributed by atoms with E-state index in [2.05, 4.69) is 15.9 Å². The van der Waals surface area contributed by atoms with Gasteiger partial charge in [0.15, 0.2) is 6.29 Å². The largest absolute Gasteiger partial charge is 0.297 e. The Balaban J connectivity index is 2.51. The van der Waals surface area contributed by atoms with Crippen LogP contribution in [0.25, 0.3) is 0 Å². The van der Waals surface area contributed by atoms with Crippen LogP contribution in [0.3, 0.4) is 0 Å². The molecule has 1 aliphatic rings. The molecule has 0 fully saturated rings. The highest BCUT2D eigenvalue weighted by atomic mass is 79.9. The minimum Gasteiger partial charge on any atom is -0.297 e. The van der Waals surface area contributed by atoms with Crippen LogP contribution in [-0.4, -0.2) is 12.0 Å². The Labute approximate surface area is 87.7 Å². The third kappa shape index (κ3) is 1.36. The molecule has 2 rings (SSSR count). The van der Waals surface area contributed by atoms with Crippen molar-refractivity contribution < 1.29 is 4.79 Å². The van der Waals surface area contributed by atoms with Gasteiger partial charge in [-0.2, -0.15) is 11.8 Å². The van der Waals surface area contributed by atoms with Crippen LogP contribution in [-0.2, 0) is 12.2 Å². The van der Waals surface area contributed by atoms with E-state index in [0.29, 0.717) is 0 Å². The standard InChI is InChI=1S/C8H7BrOS2/c9-8-5-4-11-2-1-6(5)12-7(8)3-10/h3H,1-2,4H2. The predicted molar refractivity (Wildman–Crippen MR) is 57.3 cm³/mol. The SMILES string of the molecule is O=Cc1sc2c(c1Br)CSCC2. The first kappa shape index (κ1) is 8.78. The summed E-state index contributed by atoms with van der Waals surface area (Å²) in [7, 11) is 0. The smallest absolute Gasteiger partial charge is 0.161 e. The molecular formula is C8H7BrOS2. The van der Waals surface area contributed by atoms with E-state index in [1.807, 2.05) is 11.8 Å². The van der Waals surface area contributed by atoms with E-state index in [9.17, 15) is 4.79 Å². The summed E-state index contributed by atoms with van der Waals surface area (Å²) in [6, 6.07) is 0. The number of carbonyl (C=O) groups excluding carboxylic acids is 1. The van der Waals surface area contributed by atoms with Crippen LogP contribution in [0.15, 0.2) is 4.47 Å². The molecule has 1 nitrogen and oxygen atoms in total. The van der Waals surface area contributed by atoms with Crippen LogP contribution in [0, 0.1) is 0 Å². The Morgan fingerprint density at radius 2 is 2.33 bits per heavy atom. The number of thioether (sulfide) groups is 1. The molecule has 0 aromatic carbocycles. The van der Waals surface area contributed by atoms with Gasteiger partial charge in [0.25, 0.3) is 0 Å². The molecular weight excluding hydrogens is 256 g/mol. The maximum atomic E-state index is 10.6. The second-order valence-corrected chi connectivity index (χ2v) is 5.64. The second-order valence-electron chi connectivity index (χ2n) is 2.60. The normalized spacial score (nSPS) is 15.8. The Kier molecular flexibility index (Phi) is 2.57. The van der Waals surface area contributed by atoms with E-state index in [0.717, 1.165) is 27.8 Å². The first-order chi connectivity index (χ1) is 5.83. The van der Waals surface area contributed by atoms with Gasteiger partial charge in [-0.25, -0.2) is 0 Å². The fourth-order valence-corrected chi connectivity index (χ4v) is 4.57. The predicted octanol–water partition coefficient (Wildman–Crippen LogP) is 3.11. The van der Waals surface area contributed by atoms with Gasteiger partial charge in [-0.15, -0.1) is 11.3 Å². The first-order valence-corrected chi connectivity index (χ1v) is 6.42. The Hall–Kier alpha value is 0.200. The highest BCUT2D eigenvalue weighted by Crippen LogP contribution is 2.38. The van der Waals surface area contributed by atoms with E-state index in [4.69, 9.17) is 0 Å². The maximum absolute atomic E-state index is 10.6. The number of carbonyl (C=O) groups is 1. The number of thiophene rings is 1. The van der Waals surface area contributed by atoms with E-state index in [1.165, 1.54) is 16.2 Å². The lowest BCUT2D eigenvalue weighted by Crippen LogP contribution is -1.97. The van der Waals surface area contributed by atoms with Crippen molar-refractivity contribution in [2.75, 3.05) is 5.75 Å². The number of hydrogen-bond acceptors (Lipinski definition) is 3. The summed E-state index contributed by atoms with van der Waals surface area (Å²) < 4.78 is 1.03. The van der Waals surface area contributed by atoms with Gasteiger partial charge >= 0.3 is 0 Å². The number of aldehydes is 1. The zero-order chi connectivity index (χ0) is 8.55. The molecule has 12 heavy (non-hydrogen) atoms. The molecule has 1 aromatic rings. The number of rotatable bonds is 1. The molecule has 0 saturated carbocycles. The lowest BCUT2D eigenvalue weighted by atomic mass is 10.2. The lowest BCUT2D eigenvalue weighted by Gasteiger charge is -2.09. The van der Waals surface area contributed by atoms with E-state index in [1.54, 1.807) is 11.3 Å². The third-order valence-corrected chi connectivity index (χ3v) is 5.25. The topological polar surface area (TPSA) is 17.1 Å². The van der Waals surface area contributed by atoms with Gasteiger partial charge < -0.3 is 0 Å². The minimum atomic E-state index is 0.850. The summed E-state index contributed by atoms with van der Waals surface area (Å²) in [5.41, 5.74) is 1.35. The number of hydrogen-bond donors (Lipinski definition) is 0. The summed E-state index contributed by atoms with van der Waals surface area (Å²) in [5, 5.41) is 0. The molecule has 0 atom stereocenters. The quantitative estimate of drug-likeness (QED) is 0.724. The lowest BCUT2D eigenvalue weighted by molar-refractivity contribution is 0.112. The molecule has 0 aliphatic carbocycles. The molecule has 2 heterocycles. The van der Waals surface area contributed by atoms with Crippen LogP contribution in [0.1, 0.15) is 20.1 Å². The van der Waals surface area contributed by atoms with Gasteiger partial charge in [0.1, 0.15) is 0 Å². The zero-order valence-corrected chi connectivity index (χ0v) is 9.52. The maximum Gasteiger partial charge on any atom is 0.161 e. The van der Waals surface area contributed by atoms with Crippen LogP contribution >= 0.6 is 39.0 Å². The highest BCUT2D eigenvalue weighted by molar-refractivity contribution is 9.10. The second kappa shape index (κ2) is 3.52. The molecule has 64 valence electrons. The first-order valence-electron chi connectivity index (χ1n) is 3.66. The molecule has 0 bridgehead atoms. The molecule has 0 unspecified atom stereocenters. The van der Waals surface area contributed by atoms with Crippen molar-refractivity contribution in [1.29, 1.82) is 0 Å². The molecule has 0 saturated heterocycles. The number of halogens is 1. The Morgan fingerprint density at radius 3 is 3.00 bits per heavy atom. The molecule has 0 radical (unpaired) electrons. The summed E-state index contributed by atoms with van der Waals surface area (Å²) in [6.45, 7) is 0.